The minimum absolute atomic E-state index is 0.167. The van der Waals surface area contributed by atoms with Gasteiger partial charge in [-0.25, -0.2) is 0 Å². The van der Waals surface area contributed by atoms with Crippen LogP contribution in [0, 0.1) is 10.1 Å². The number of hydrogen-bond donors (Lipinski definition) is 0. The summed E-state index contributed by atoms with van der Waals surface area (Å²) in [5, 5.41) is 12.1. The summed E-state index contributed by atoms with van der Waals surface area (Å²) in [6.07, 6.45) is 4.92. The van der Waals surface area contributed by atoms with E-state index in [2.05, 4.69) is 0 Å². The van der Waals surface area contributed by atoms with E-state index in [1.165, 1.54) is 0 Å². The van der Waals surface area contributed by atoms with Crippen molar-refractivity contribution in [2.45, 2.75) is 24.8 Å². The van der Waals surface area contributed by atoms with Crippen molar-refractivity contribution in [3.05, 3.63) is 56.1 Å². The third-order valence-corrected chi connectivity index (χ3v) is 3.59. The summed E-state index contributed by atoms with van der Waals surface area (Å²) in [6, 6.07) is 4.54. The summed E-state index contributed by atoms with van der Waals surface area (Å²) in [6.45, 7) is 0. The molecule has 1 aliphatic carbocycles. The van der Waals surface area contributed by atoms with Crippen LogP contribution in [-0.4, -0.2) is 11.0 Å². The van der Waals surface area contributed by atoms with Gasteiger partial charge in [0.2, 0.25) is 6.04 Å². The molecule has 1 aliphatic rings. The molecular formula is C12H11Cl2NO2. The summed E-state index contributed by atoms with van der Waals surface area (Å²) in [5.74, 6) is -0.167. The third kappa shape index (κ3) is 2.61. The Morgan fingerprint density at radius 3 is 2.59 bits per heavy atom. The fraction of sp³-hybridized carbons (Fsp3) is 0.333. The number of benzene rings is 1. The molecule has 5 heteroatoms. The van der Waals surface area contributed by atoms with E-state index < -0.39 is 6.04 Å². The van der Waals surface area contributed by atoms with Crippen LogP contribution in [0.5, 0.6) is 0 Å². The highest BCUT2D eigenvalue weighted by molar-refractivity contribution is 6.35. The monoisotopic (exact) mass is 271 g/mol. The van der Waals surface area contributed by atoms with Gasteiger partial charge in [0.1, 0.15) is 0 Å². The first-order valence-electron chi connectivity index (χ1n) is 5.33. The summed E-state index contributed by atoms with van der Waals surface area (Å²) < 4.78 is 0. The average molecular weight is 272 g/mol. The van der Waals surface area contributed by atoms with Crippen LogP contribution in [-0.2, 0) is 0 Å². The second-order valence-corrected chi connectivity index (χ2v) is 4.91. The summed E-state index contributed by atoms with van der Waals surface area (Å²) in [5.41, 5.74) is 0.808. The minimum Gasteiger partial charge on any atom is -0.264 e. The molecule has 0 saturated heterocycles. The van der Waals surface area contributed by atoms with Crippen LogP contribution in [0.25, 0.3) is 0 Å². The Labute approximate surface area is 109 Å². The molecule has 0 spiro atoms. The maximum atomic E-state index is 11.0. The summed E-state index contributed by atoms with van der Waals surface area (Å²) in [4.78, 5) is 10.8. The van der Waals surface area contributed by atoms with E-state index in [1.807, 2.05) is 12.2 Å². The number of halogens is 2. The van der Waals surface area contributed by atoms with Crippen LogP contribution >= 0.6 is 23.2 Å². The molecule has 0 fully saturated rings. The lowest BCUT2D eigenvalue weighted by molar-refractivity contribution is -0.526. The van der Waals surface area contributed by atoms with E-state index in [4.69, 9.17) is 23.2 Å². The lowest BCUT2D eigenvalue weighted by atomic mass is 9.84. The molecule has 17 heavy (non-hydrogen) atoms. The van der Waals surface area contributed by atoms with Crippen LogP contribution in [0.3, 0.4) is 0 Å². The van der Waals surface area contributed by atoms with E-state index in [0.29, 0.717) is 22.9 Å². The molecule has 0 heterocycles. The lowest BCUT2D eigenvalue weighted by Crippen LogP contribution is -2.29. The van der Waals surface area contributed by atoms with Gasteiger partial charge in [-0.15, -0.1) is 0 Å². The van der Waals surface area contributed by atoms with Crippen molar-refractivity contribution in [2.75, 3.05) is 0 Å². The van der Waals surface area contributed by atoms with Crippen LogP contribution in [0.4, 0.5) is 0 Å². The Morgan fingerprint density at radius 2 is 1.94 bits per heavy atom. The third-order valence-electron chi connectivity index (χ3n) is 3.03. The molecule has 0 bridgehead atoms. The van der Waals surface area contributed by atoms with E-state index >= 15 is 0 Å². The minimum atomic E-state index is -0.598. The molecule has 1 aromatic carbocycles. The Balaban J connectivity index is 2.37. The van der Waals surface area contributed by atoms with Gasteiger partial charge in [-0.05, 0) is 24.1 Å². The predicted octanol–water partition coefficient (Wildman–Crippen LogP) is 4.07. The van der Waals surface area contributed by atoms with Gasteiger partial charge in [-0.2, -0.15) is 0 Å². The number of nitro groups is 1. The predicted molar refractivity (Wildman–Crippen MR) is 68.4 cm³/mol. The first-order valence-corrected chi connectivity index (χ1v) is 6.08. The van der Waals surface area contributed by atoms with Crippen molar-refractivity contribution in [1.82, 2.24) is 0 Å². The molecule has 2 rings (SSSR count). The van der Waals surface area contributed by atoms with E-state index in [1.54, 1.807) is 18.2 Å². The first kappa shape index (κ1) is 12.4. The fourth-order valence-corrected chi connectivity index (χ4v) is 2.72. The normalized spacial score (nSPS) is 23.6. The molecule has 0 aromatic heterocycles. The molecular weight excluding hydrogens is 261 g/mol. The second-order valence-electron chi connectivity index (χ2n) is 4.07. The summed E-state index contributed by atoms with van der Waals surface area (Å²) in [7, 11) is 0. The molecule has 2 atom stereocenters. The van der Waals surface area contributed by atoms with Crippen molar-refractivity contribution < 1.29 is 4.92 Å². The molecule has 0 radical (unpaired) electrons. The highest BCUT2D eigenvalue weighted by Crippen LogP contribution is 2.36. The quantitative estimate of drug-likeness (QED) is 0.462. The van der Waals surface area contributed by atoms with Crippen LogP contribution in [0.1, 0.15) is 24.3 Å². The zero-order valence-electron chi connectivity index (χ0n) is 8.98. The van der Waals surface area contributed by atoms with Crippen LogP contribution < -0.4 is 0 Å². The summed E-state index contributed by atoms with van der Waals surface area (Å²) >= 11 is 11.9. The number of rotatable bonds is 2. The fourth-order valence-electron chi connectivity index (χ4n) is 2.17. The van der Waals surface area contributed by atoms with Crippen molar-refractivity contribution in [1.29, 1.82) is 0 Å². The maximum Gasteiger partial charge on any atom is 0.223 e. The highest BCUT2D eigenvalue weighted by Gasteiger charge is 2.34. The number of hydrogen-bond acceptors (Lipinski definition) is 2. The van der Waals surface area contributed by atoms with Crippen molar-refractivity contribution in [3.63, 3.8) is 0 Å². The molecule has 0 saturated carbocycles. The average Bonchev–Trinajstić information content (AvgIpc) is 2.29. The van der Waals surface area contributed by atoms with Gasteiger partial charge in [0.25, 0.3) is 0 Å². The van der Waals surface area contributed by atoms with Crippen molar-refractivity contribution in [2.24, 2.45) is 0 Å². The number of allylic oxidation sites excluding steroid dienone is 1. The maximum absolute atomic E-state index is 11.0. The largest absolute Gasteiger partial charge is 0.264 e. The molecule has 0 amide bonds. The molecule has 1 aromatic rings. The van der Waals surface area contributed by atoms with Crippen molar-refractivity contribution >= 4 is 23.2 Å². The number of nitrogens with zero attached hydrogens (tertiary/aromatic N) is 1. The highest BCUT2D eigenvalue weighted by atomic mass is 35.5. The zero-order chi connectivity index (χ0) is 12.4. The topological polar surface area (TPSA) is 43.1 Å². The molecule has 0 N–H and O–H groups in total. The van der Waals surface area contributed by atoms with Gasteiger partial charge in [-0.1, -0.05) is 41.4 Å². The SMILES string of the molecule is O=[N+]([O-])[C@@H]1CC=CC[C@H]1c1ccc(Cl)cc1Cl. The van der Waals surface area contributed by atoms with Crippen LogP contribution in [0.2, 0.25) is 10.0 Å². The van der Waals surface area contributed by atoms with E-state index in [0.717, 1.165) is 5.56 Å². The smallest absolute Gasteiger partial charge is 0.223 e. The Morgan fingerprint density at radius 1 is 1.24 bits per heavy atom. The van der Waals surface area contributed by atoms with Crippen molar-refractivity contribution in [3.8, 4) is 0 Å². The molecule has 3 nitrogen and oxygen atoms in total. The Kier molecular flexibility index (Phi) is 3.69. The Hall–Kier alpha value is -1.06. The zero-order valence-corrected chi connectivity index (χ0v) is 10.5. The van der Waals surface area contributed by atoms with Gasteiger partial charge in [-0.3, -0.25) is 10.1 Å². The lowest BCUT2D eigenvalue weighted by Gasteiger charge is -2.23. The van der Waals surface area contributed by atoms with E-state index in [-0.39, 0.29) is 10.8 Å². The Bertz CT molecular complexity index is 474. The standard InChI is InChI=1S/C12H11Cl2NO2/c13-8-5-6-9(11(14)7-8)10-3-1-2-4-12(10)15(16)17/h1-2,5-7,10,12H,3-4H2/t10-,12+/m0/s1. The van der Waals surface area contributed by atoms with Crippen LogP contribution in [0.15, 0.2) is 30.4 Å². The van der Waals surface area contributed by atoms with Gasteiger partial charge in [0.05, 0.1) is 5.92 Å². The first-order chi connectivity index (χ1) is 8.09. The molecule has 0 aliphatic heterocycles. The second kappa shape index (κ2) is 5.07. The van der Waals surface area contributed by atoms with Gasteiger partial charge >= 0.3 is 0 Å². The molecule has 90 valence electrons. The van der Waals surface area contributed by atoms with E-state index in [9.17, 15) is 10.1 Å². The van der Waals surface area contributed by atoms with Gasteiger partial charge in [0.15, 0.2) is 0 Å². The molecule has 0 unspecified atom stereocenters. The van der Waals surface area contributed by atoms with Gasteiger partial charge in [0, 0.05) is 21.4 Å². The van der Waals surface area contributed by atoms with Gasteiger partial charge < -0.3 is 0 Å².